The summed E-state index contributed by atoms with van der Waals surface area (Å²) in [6.45, 7) is 9.17. The van der Waals surface area contributed by atoms with Crippen LogP contribution in [0.1, 0.15) is 83.5 Å². The number of amidine groups is 1. The fourth-order valence-electron chi connectivity index (χ4n) is 5.48. The molecule has 3 fully saturated rings. The Morgan fingerprint density at radius 3 is 2.62 bits per heavy atom. The zero-order chi connectivity index (χ0) is 26.7. The molecule has 2 saturated carbocycles. The molecule has 0 spiro atoms. The Labute approximate surface area is 239 Å². The SMILES string of the molecule is CC.CCC1C[C@H]1NCC(N)=Nc1cccc(C#Cc2ccc(-c3cnc([C@@H]4C[C@H]5CC5(C)N4)[nH]3)cc2)c1.F.[HH].[HH].[HH].[HH].[HH]. The number of halogens is 1. The Kier molecular flexibility index (Phi) is 8.89. The molecule has 1 saturated heterocycles. The maximum absolute atomic E-state index is 6.14. The van der Waals surface area contributed by atoms with Gasteiger partial charge in [-0.2, -0.15) is 0 Å². The maximum Gasteiger partial charge on any atom is 0.123 e. The lowest BCUT2D eigenvalue weighted by atomic mass is 10.1. The second kappa shape index (κ2) is 12.1. The van der Waals surface area contributed by atoms with E-state index in [0.717, 1.165) is 45.7 Å². The molecule has 2 unspecified atom stereocenters. The average molecular weight is 539 g/mol. The van der Waals surface area contributed by atoms with Crippen LogP contribution in [0, 0.1) is 23.7 Å². The number of benzene rings is 2. The molecule has 5 atom stereocenters. The molecule has 0 bridgehead atoms. The van der Waals surface area contributed by atoms with Crippen molar-refractivity contribution in [2.75, 3.05) is 6.54 Å². The quantitative estimate of drug-likeness (QED) is 0.147. The lowest BCUT2D eigenvalue weighted by molar-refractivity contribution is 0.489. The van der Waals surface area contributed by atoms with Gasteiger partial charge in [0.25, 0.3) is 0 Å². The molecule has 5 N–H and O–H groups in total. The zero-order valence-electron chi connectivity index (χ0n) is 23.4. The first kappa shape index (κ1) is 28.5. The number of nitrogens with two attached hydrogens (primary N) is 1. The zero-order valence-corrected chi connectivity index (χ0v) is 23.4. The van der Waals surface area contributed by atoms with Crippen LogP contribution in [0.15, 0.2) is 59.7 Å². The first-order chi connectivity index (χ1) is 18.5. The number of nitrogens with zero attached hydrogens (tertiary/aromatic N) is 2. The van der Waals surface area contributed by atoms with E-state index in [2.05, 4.69) is 75.5 Å². The van der Waals surface area contributed by atoms with E-state index in [4.69, 9.17) is 5.73 Å². The summed E-state index contributed by atoms with van der Waals surface area (Å²) < 4.78 is 0. The predicted molar refractivity (Wildman–Crippen MR) is 169 cm³/mol. The minimum atomic E-state index is 0. The van der Waals surface area contributed by atoms with E-state index >= 15 is 0 Å². The summed E-state index contributed by atoms with van der Waals surface area (Å²) in [6.07, 6.45) is 6.87. The number of aromatic nitrogens is 2. The van der Waals surface area contributed by atoms with Gasteiger partial charge in [-0.15, -0.1) is 0 Å². The molecule has 1 aliphatic heterocycles. The van der Waals surface area contributed by atoms with E-state index < -0.39 is 0 Å². The van der Waals surface area contributed by atoms with Gasteiger partial charge < -0.3 is 21.4 Å². The number of hydrogen-bond donors (Lipinski definition) is 4. The molecule has 3 aromatic rings. The third-order valence-electron chi connectivity index (χ3n) is 8.02. The Balaban J connectivity index is 0. The van der Waals surface area contributed by atoms with Gasteiger partial charge in [0.15, 0.2) is 0 Å². The van der Waals surface area contributed by atoms with E-state index in [1.165, 1.54) is 25.7 Å². The number of fused-ring (bicyclic) bond motifs is 1. The van der Waals surface area contributed by atoms with Crippen LogP contribution >= 0.6 is 0 Å². The topological polar surface area (TPSA) is 91.1 Å². The van der Waals surface area contributed by atoms with Crippen molar-refractivity contribution in [1.29, 1.82) is 0 Å². The summed E-state index contributed by atoms with van der Waals surface area (Å²) in [7, 11) is 0. The van der Waals surface area contributed by atoms with Gasteiger partial charge in [-0.3, -0.25) is 4.70 Å². The van der Waals surface area contributed by atoms with Crippen molar-refractivity contribution >= 4 is 11.5 Å². The van der Waals surface area contributed by atoms with Gasteiger partial charge in [0.05, 0.1) is 30.2 Å². The standard InChI is InChI=1S/C30H34N6.C2H6.FH.5H2/c1-3-21-14-25(21)32-18-28(31)34-24-6-4-5-20(13-24)8-7-19-9-11-22(12-10-19)27-17-33-29(35-27)26-15-23-16-30(23,2)36-26;1-2;;;;;;/h4-6,9-13,17,21,23,25-26,32,36H,3,14-16,18H2,1-2H3,(H2,31,34)(H,33,35);1-2H3;6*1H/t21?,23-,25+,26-,30?;;;;;;;/m0......./s1. The van der Waals surface area contributed by atoms with E-state index in [-0.39, 0.29) is 11.8 Å². The molecule has 216 valence electrons. The molecule has 1 aromatic heterocycles. The van der Waals surface area contributed by atoms with E-state index in [0.29, 0.717) is 30.0 Å². The van der Waals surface area contributed by atoms with E-state index in [9.17, 15) is 0 Å². The molecule has 2 aromatic carbocycles. The monoisotopic (exact) mass is 538 g/mol. The van der Waals surface area contributed by atoms with Gasteiger partial charge >= 0.3 is 0 Å². The smallest absolute Gasteiger partial charge is 0.123 e. The van der Waals surface area contributed by atoms with E-state index in [1.54, 1.807) is 0 Å². The Bertz CT molecular complexity index is 1370. The number of nitrogens with one attached hydrogen (secondary N) is 3. The molecule has 39 heavy (non-hydrogen) atoms. The highest BCUT2D eigenvalue weighted by atomic mass is 19.0. The highest BCUT2D eigenvalue weighted by Gasteiger charge is 2.57. The minimum absolute atomic E-state index is 0. The maximum atomic E-state index is 6.14. The van der Waals surface area contributed by atoms with Crippen LogP contribution in [-0.2, 0) is 0 Å². The summed E-state index contributed by atoms with van der Waals surface area (Å²) in [6, 6.07) is 17.2. The van der Waals surface area contributed by atoms with Crippen molar-refractivity contribution in [3.8, 4) is 23.1 Å². The number of piperidine rings is 1. The largest absolute Gasteiger partial charge is 0.386 e. The van der Waals surface area contributed by atoms with Crippen LogP contribution in [0.25, 0.3) is 11.3 Å². The number of imidazole rings is 1. The molecule has 2 aliphatic carbocycles. The molecule has 3 aliphatic rings. The first-order valence-corrected chi connectivity index (χ1v) is 14.1. The van der Waals surface area contributed by atoms with Crippen LogP contribution in [0.2, 0.25) is 0 Å². The Morgan fingerprint density at radius 2 is 1.92 bits per heavy atom. The van der Waals surface area contributed by atoms with Crippen molar-refractivity contribution in [2.45, 2.75) is 71.0 Å². The molecule has 2 heterocycles. The van der Waals surface area contributed by atoms with Crippen LogP contribution in [0.4, 0.5) is 10.4 Å². The fourth-order valence-corrected chi connectivity index (χ4v) is 5.48. The van der Waals surface area contributed by atoms with Crippen molar-refractivity contribution in [1.82, 2.24) is 20.6 Å². The average Bonchev–Trinajstić information content (AvgIpc) is 3.72. The van der Waals surface area contributed by atoms with Crippen LogP contribution < -0.4 is 16.4 Å². The number of hydrogen-bond acceptors (Lipinski definition) is 4. The molecular formula is C32H51FN6. The predicted octanol–water partition coefficient (Wildman–Crippen LogP) is 7.08. The summed E-state index contributed by atoms with van der Waals surface area (Å²) >= 11 is 0. The van der Waals surface area contributed by atoms with Crippen LogP contribution in [0.5, 0.6) is 0 Å². The molecule has 0 radical (unpaired) electrons. The van der Waals surface area contributed by atoms with E-state index in [1.807, 2.05) is 44.3 Å². The summed E-state index contributed by atoms with van der Waals surface area (Å²) in [5, 5.41) is 7.21. The van der Waals surface area contributed by atoms with Crippen molar-refractivity contribution in [3.63, 3.8) is 0 Å². The summed E-state index contributed by atoms with van der Waals surface area (Å²) in [5.41, 5.74) is 11.4. The number of aliphatic imine (C=N–C) groups is 1. The molecule has 6 nitrogen and oxygen atoms in total. The van der Waals surface area contributed by atoms with Gasteiger partial charge in [-0.25, -0.2) is 9.98 Å². The van der Waals surface area contributed by atoms with Gasteiger partial charge in [0.1, 0.15) is 11.7 Å². The Hall–Kier alpha value is -3.47. The summed E-state index contributed by atoms with van der Waals surface area (Å²) in [4.78, 5) is 12.7. The molecular weight excluding hydrogens is 487 g/mol. The normalized spacial score (nSPS) is 26.3. The fraction of sp³-hybridized carbons (Fsp3) is 0.438. The second-order valence-corrected chi connectivity index (χ2v) is 10.8. The highest BCUT2D eigenvalue weighted by molar-refractivity contribution is 5.85. The second-order valence-electron chi connectivity index (χ2n) is 10.8. The number of H-pyrrole nitrogens is 1. The summed E-state index contributed by atoms with van der Waals surface area (Å²) in [5.74, 6) is 9.77. The van der Waals surface area contributed by atoms with Gasteiger partial charge in [0.2, 0.25) is 0 Å². The number of rotatable bonds is 7. The van der Waals surface area contributed by atoms with Crippen LogP contribution in [0.3, 0.4) is 0 Å². The third kappa shape index (κ3) is 6.76. The van der Waals surface area contributed by atoms with Crippen molar-refractivity contribution in [2.24, 2.45) is 22.6 Å². The minimum Gasteiger partial charge on any atom is -0.386 e. The molecule has 0 amide bonds. The Morgan fingerprint density at radius 1 is 1.15 bits per heavy atom. The lowest BCUT2D eigenvalue weighted by Gasteiger charge is -2.13. The van der Waals surface area contributed by atoms with Gasteiger partial charge in [0, 0.05) is 29.8 Å². The van der Waals surface area contributed by atoms with Crippen LogP contribution in [-0.4, -0.2) is 33.9 Å². The van der Waals surface area contributed by atoms with Crippen molar-refractivity contribution < 1.29 is 11.8 Å². The molecule has 6 rings (SSSR count). The van der Waals surface area contributed by atoms with Gasteiger partial charge in [-0.05, 0) is 73.9 Å². The van der Waals surface area contributed by atoms with Gasteiger partial charge in [-0.1, -0.05) is 57.2 Å². The van der Waals surface area contributed by atoms with Crippen molar-refractivity contribution in [3.05, 3.63) is 71.7 Å². The number of aromatic amines is 1. The first-order valence-electron chi connectivity index (χ1n) is 14.1. The third-order valence-corrected chi connectivity index (χ3v) is 8.02. The molecule has 7 heteroatoms. The highest BCUT2D eigenvalue weighted by Crippen LogP contribution is 2.54. The lowest BCUT2D eigenvalue weighted by Crippen LogP contribution is -2.31.